The molecule has 0 N–H and O–H groups in total. The van der Waals surface area contributed by atoms with Crippen molar-refractivity contribution in [3.8, 4) is 0 Å². The Balaban J connectivity index is 1.73. The van der Waals surface area contributed by atoms with Gasteiger partial charge in [0.05, 0.1) is 12.0 Å². The summed E-state index contributed by atoms with van der Waals surface area (Å²) in [5.41, 5.74) is 0. The maximum absolute atomic E-state index is 5.96. The molecule has 19 heavy (non-hydrogen) atoms. The van der Waals surface area contributed by atoms with Crippen molar-refractivity contribution in [1.82, 2.24) is 15.0 Å². The highest BCUT2D eigenvalue weighted by molar-refractivity contribution is 7.98. The fourth-order valence-corrected chi connectivity index (χ4v) is 2.91. The monoisotopic (exact) mass is 296 g/mol. The van der Waals surface area contributed by atoms with Gasteiger partial charge in [0.2, 0.25) is 11.2 Å². The van der Waals surface area contributed by atoms with E-state index < -0.39 is 0 Å². The minimum absolute atomic E-state index is 0.249. The summed E-state index contributed by atoms with van der Waals surface area (Å²) in [5.74, 6) is 2.26. The summed E-state index contributed by atoms with van der Waals surface area (Å²) in [6, 6.07) is 3.79. The Bertz CT molecular complexity index is 543. The Hall–Kier alpha value is -1.27. The second-order valence-electron chi connectivity index (χ2n) is 4.25. The van der Waals surface area contributed by atoms with E-state index in [0.717, 1.165) is 18.8 Å². The summed E-state index contributed by atoms with van der Waals surface area (Å²) < 4.78 is 5.28. The SMILES string of the molecule is Clc1nc(SCc2ccco2)nc(N2CCCC2)n1. The van der Waals surface area contributed by atoms with Gasteiger partial charge in [-0.25, -0.2) is 0 Å². The van der Waals surface area contributed by atoms with Gasteiger partial charge < -0.3 is 9.32 Å². The highest BCUT2D eigenvalue weighted by Crippen LogP contribution is 2.24. The molecule has 1 aliphatic heterocycles. The topological polar surface area (TPSA) is 55.1 Å². The van der Waals surface area contributed by atoms with E-state index in [-0.39, 0.29) is 5.28 Å². The van der Waals surface area contributed by atoms with Gasteiger partial charge in [-0.05, 0) is 36.6 Å². The van der Waals surface area contributed by atoms with Crippen molar-refractivity contribution in [2.24, 2.45) is 0 Å². The van der Waals surface area contributed by atoms with Crippen LogP contribution >= 0.6 is 23.4 Å². The summed E-state index contributed by atoms with van der Waals surface area (Å²) >= 11 is 7.46. The van der Waals surface area contributed by atoms with Crippen LogP contribution in [0.25, 0.3) is 0 Å². The molecule has 0 spiro atoms. The van der Waals surface area contributed by atoms with Crippen molar-refractivity contribution in [3.63, 3.8) is 0 Å². The van der Waals surface area contributed by atoms with Gasteiger partial charge in [-0.3, -0.25) is 0 Å². The van der Waals surface area contributed by atoms with Crippen molar-refractivity contribution < 1.29 is 4.42 Å². The lowest BCUT2D eigenvalue weighted by Crippen LogP contribution is -2.21. The molecule has 0 aromatic carbocycles. The number of furan rings is 1. The molecule has 0 bridgehead atoms. The highest BCUT2D eigenvalue weighted by Gasteiger charge is 2.17. The van der Waals surface area contributed by atoms with E-state index in [1.807, 2.05) is 12.1 Å². The van der Waals surface area contributed by atoms with Crippen molar-refractivity contribution in [3.05, 3.63) is 29.4 Å². The molecule has 1 saturated heterocycles. The molecule has 0 aliphatic carbocycles. The second-order valence-corrected chi connectivity index (χ2v) is 5.53. The first kappa shape index (κ1) is 12.7. The average Bonchev–Trinajstić information content (AvgIpc) is 3.09. The average molecular weight is 297 g/mol. The minimum Gasteiger partial charge on any atom is -0.468 e. The van der Waals surface area contributed by atoms with E-state index in [1.54, 1.807) is 6.26 Å². The van der Waals surface area contributed by atoms with E-state index in [1.165, 1.54) is 24.6 Å². The van der Waals surface area contributed by atoms with E-state index >= 15 is 0 Å². The lowest BCUT2D eigenvalue weighted by molar-refractivity contribution is 0.530. The Morgan fingerprint density at radius 2 is 2.11 bits per heavy atom. The molecule has 7 heteroatoms. The van der Waals surface area contributed by atoms with E-state index in [9.17, 15) is 0 Å². The van der Waals surface area contributed by atoms with Gasteiger partial charge in [-0.1, -0.05) is 11.8 Å². The number of hydrogen-bond donors (Lipinski definition) is 0. The van der Waals surface area contributed by atoms with Crippen LogP contribution in [0.5, 0.6) is 0 Å². The molecule has 0 atom stereocenters. The van der Waals surface area contributed by atoms with Gasteiger partial charge in [-0.15, -0.1) is 0 Å². The van der Waals surface area contributed by atoms with Crippen molar-refractivity contribution in [2.45, 2.75) is 23.8 Å². The molecule has 3 rings (SSSR count). The molecule has 1 aliphatic rings. The van der Waals surface area contributed by atoms with Crippen molar-refractivity contribution in [1.29, 1.82) is 0 Å². The first-order valence-corrected chi connectivity index (χ1v) is 7.49. The molecule has 0 unspecified atom stereocenters. The number of hydrogen-bond acceptors (Lipinski definition) is 6. The lowest BCUT2D eigenvalue weighted by atomic mass is 10.4. The molecular weight excluding hydrogens is 284 g/mol. The third-order valence-electron chi connectivity index (χ3n) is 2.89. The predicted octanol–water partition coefficient (Wildman–Crippen LogP) is 3.01. The van der Waals surface area contributed by atoms with Crippen LogP contribution in [0.3, 0.4) is 0 Å². The standard InChI is InChI=1S/C12H13ClN4OS/c13-10-14-11(17-5-1-2-6-17)16-12(15-10)19-8-9-4-3-7-18-9/h3-4,7H,1-2,5-6,8H2. The summed E-state index contributed by atoms with van der Waals surface area (Å²) in [5, 5.41) is 0.886. The number of anilines is 1. The summed E-state index contributed by atoms with van der Waals surface area (Å²) in [6.45, 7) is 1.98. The van der Waals surface area contributed by atoms with Crippen LogP contribution in [0.4, 0.5) is 5.95 Å². The van der Waals surface area contributed by atoms with Gasteiger partial charge >= 0.3 is 0 Å². The van der Waals surface area contributed by atoms with Gasteiger partial charge in [0.1, 0.15) is 5.76 Å². The van der Waals surface area contributed by atoms with Crippen LogP contribution in [0.15, 0.2) is 28.0 Å². The largest absolute Gasteiger partial charge is 0.468 e. The molecule has 0 saturated carbocycles. The maximum Gasteiger partial charge on any atom is 0.230 e. The molecule has 0 radical (unpaired) electrons. The first-order valence-electron chi connectivity index (χ1n) is 6.13. The van der Waals surface area contributed by atoms with Crippen LogP contribution < -0.4 is 4.90 Å². The zero-order valence-electron chi connectivity index (χ0n) is 10.3. The fraction of sp³-hybridized carbons (Fsp3) is 0.417. The van der Waals surface area contributed by atoms with Gasteiger partial charge in [-0.2, -0.15) is 15.0 Å². The number of rotatable bonds is 4. The number of nitrogens with zero attached hydrogens (tertiary/aromatic N) is 4. The third kappa shape index (κ3) is 3.19. The van der Waals surface area contributed by atoms with Gasteiger partial charge in [0.15, 0.2) is 5.16 Å². The van der Waals surface area contributed by atoms with Gasteiger partial charge in [0.25, 0.3) is 0 Å². The molecule has 2 aromatic rings. The van der Waals surface area contributed by atoms with Crippen LogP contribution in [-0.2, 0) is 5.75 Å². The van der Waals surface area contributed by atoms with Gasteiger partial charge in [0, 0.05) is 13.1 Å². The normalized spacial score (nSPS) is 15.1. The Labute approximate surface area is 120 Å². The molecule has 5 nitrogen and oxygen atoms in total. The molecule has 1 fully saturated rings. The van der Waals surface area contributed by atoms with E-state index in [2.05, 4.69) is 19.9 Å². The van der Waals surface area contributed by atoms with Crippen molar-refractivity contribution in [2.75, 3.05) is 18.0 Å². The van der Waals surface area contributed by atoms with E-state index in [0.29, 0.717) is 16.9 Å². The summed E-state index contributed by atoms with van der Waals surface area (Å²) in [6.07, 6.45) is 4.02. The summed E-state index contributed by atoms with van der Waals surface area (Å²) in [7, 11) is 0. The predicted molar refractivity (Wildman–Crippen MR) is 74.6 cm³/mol. The third-order valence-corrected chi connectivity index (χ3v) is 3.93. The van der Waals surface area contributed by atoms with Crippen molar-refractivity contribution >= 4 is 29.3 Å². The molecule has 100 valence electrons. The molecular formula is C12H13ClN4OS. The Kier molecular flexibility index (Phi) is 3.89. The fourth-order valence-electron chi connectivity index (χ4n) is 1.98. The number of aromatic nitrogens is 3. The number of thioether (sulfide) groups is 1. The lowest BCUT2D eigenvalue weighted by Gasteiger charge is -2.15. The zero-order valence-corrected chi connectivity index (χ0v) is 11.8. The smallest absolute Gasteiger partial charge is 0.230 e. The molecule has 3 heterocycles. The van der Waals surface area contributed by atoms with Crippen LogP contribution in [0.1, 0.15) is 18.6 Å². The molecule has 0 amide bonds. The summed E-state index contributed by atoms with van der Waals surface area (Å²) in [4.78, 5) is 14.9. The Morgan fingerprint density at radius 3 is 2.84 bits per heavy atom. The first-order chi connectivity index (χ1) is 9.31. The van der Waals surface area contributed by atoms with E-state index in [4.69, 9.17) is 16.0 Å². The van der Waals surface area contributed by atoms with Crippen LogP contribution in [0, 0.1) is 0 Å². The van der Waals surface area contributed by atoms with Crippen LogP contribution in [-0.4, -0.2) is 28.0 Å². The second kappa shape index (κ2) is 5.79. The zero-order chi connectivity index (χ0) is 13.1. The maximum atomic E-state index is 5.96. The Morgan fingerprint density at radius 1 is 1.26 bits per heavy atom. The minimum atomic E-state index is 0.249. The highest BCUT2D eigenvalue weighted by atomic mass is 35.5. The quantitative estimate of drug-likeness (QED) is 0.809. The molecule has 2 aromatic heterocycles. The number of halogens is 1. The van der Waals surface area contributed by atoms with Crippen LogP contribution in [0.2, 0.25) is 5.28 Å².